The molecule has 0 spiro atoms. The third-order valence-electron chi connectivity index (χ3n) is 2.56. The zero-order valence-electron chi connectivity index (χ0n) is 9.31. The van der Waals surface area contributed by atoms with Gasteiger partial charge in [-0.25, -0.2) is 4.39 Å². The second-order valence-corrected chi connectivity index (χ2v) is 3.75. The molecule has 0 bridgehead atoms. The lowest BCUT2D eigenvalue weighted by molar-refractivity contribution is 0.627. The van der Waals surface area contributed by atoms with E-state index in [0.717, 1.165) is 5.56 Å². The van der Waals surface area contributed by atoms with Crippen LogP contribution in [0.3, 0.4) is 0 Å². The van der Waals surface area contributed by atoms with Crippen molar-refractivity contribution >= 4 is 5.82 Å². The zero-order valence-corrected chi connectivity index (χ0v) is 9.31. The number of aromatic nitrogens is 2. The number of hydrogen-bond donors (Lipinski definition) is 1. The number of nitrogen functional groups attached to an aromatic ring is 1. The first-order chi connectivity index (χ1) is 8.11. The standard InChI is InChI=1S/C12H11FN4/c1-17-12(15)10(7-14)11(16-17)6-8-2-4-9(13)5-3-8/h2-5H,6,15H2,1H3. The first kappa shape index (κ1) is 11.1. The number of halogens is 1. The van der Waals surface area contributed by atoms with E-state index >= 15 is 0 Å². The van der Waals surface area contributed by atoms with Gasteiger partial charge in [0, 0.05) is 13.5 Å². The Morgan fingerprint density at radius 3 is 2.65 bits per heavy atom. The van der Waals surface area contributed by atoms with Crippen molar-refractivity contribution in [2.24, 2.45) is 7.05 Å². The van der Waals surface area contributed by atoms with Crippen molar-refractivity contribution in [2.75, 3.05) is 5.73 Å². The molecule has 2 N–H and O–H groups in total. The Bertz CT molecular complexity index is 578. The van der Waals surface area contributed by atoms with Crippen LogP contribution in [0.1, 0.15) is 16.8 Å². The minimum Gasteiger partial charge on any atom is -0.383 e. The second-order valence-electron chi connectivity index (χ2n) is 3.75. The second kappa shape index (κ2) is 4.26. The van der Waals surface area contributed by atoms with E-state index in [-0.39, 0.29) is 5.82 Å². The largest absolute Gasteiger partial charge is 0.383 e. The van der Waals surface area contributed by atoms with E-state index in [1.165, 1.54) is 16.8 Å². The number of nitrogens with two attached hydrogens (primary N) is 1. The highest BCUT2D eigenvalue weighted by Crippen LogP contribution is 2.18. The fourth-order valence-electron chi connectivity index (χ4n) is 1.64. The van der Waals surface area contributed by atoms with Crippen LogP contribution in [-0.2, 0) is 13.5 Å². The average Bonchev–Trinajstić information content (AvgIpc) is 2.58. The number of hydrogen-bond acceptors (Lipinski definition) is 3. The van der Waals surface area contributed by atoms with Crippen molar-refractivity contribution < 1.29 is 4.39 Å². The van der Waals surface area contributed by atoms with Crippen LogP contribution in [0.25, 0.3) is 0 Å². The molecule has 0 unspecified atom stereocenters. The van der Waals surface area contributed by atoms with Crippen LogP contribution in [0.15, 0.2) is 24.3 Å². The summed E-state index contributed by atoms with van der Waals surface area (Å²) in [6.45, 7) is 0. The van der Waals surface area contributed by atoms with E-state index < -0.39 is 0 Å². The predicted molar refractivity (Wildman–Crippen MR) is 61.5 cm³/mol. The first-order valence-electron chi connectivity index (χ1n) is 5.07. The number of nitrogens with zero attached hydrogens (tertiary/aromatic N) is 3. The molecule has 0 atom stereocenters. The van der Waals surface area contributed by atoms with Gasteiger partial charge in [-0.15, -0.1) is 0 Å². The van der Waals surface area contributed by atoms with Gasteiger partial charge >= 0.3 is 0 Å². The summed E-state index contributed by atoms with van der Waals surface area (Å²) in [4.78, 5) is 0. The topological polar surface area (TPSA) is 67.6 Å². The third kappa shape index (κ3) is 2.11. The van der Waals surface area contributed by atoms with Crippen molar-refractivity contribution in [3.8, 4) is 6.07 Å². The quantitative estimate of drug-likeness (QED) is 0.852. The van der Waals surface area contributed by atoms with Gasteiger partial charge in [0.25, 0.3) is 0 Å². The number of anilines is 1. The molecule has 0 aliphatic heterocycles. The Labute approximate surface area is 98.1 Å². The maximum Gasteiger partial charge on any atom is 0.139 e. The number of nitriles is 1. The first-order valence-corrected chi connectivity index (χ1v) is 5.07. The van der Waals surface area contributed by atoms with Gasteiger partial charge < -0.3 is 5.73 Å². The summed E-state index contributed by atoms with van der Waals surface area (Å²) in [5.41, 5.74) is 7.60. The van der Waals surface area contributed by atoms with Crippen molar-refractivity contribution in [3.63, 3.8) is 0 Å². The van der Waals surface area contributed by atoms with E-state index in [1.807, 2.05) is 6.07 Å². The van der Waals surface area contributed by atoms with Gasteiger partial charge in [0.2, 0.25) is 0 Å². The molecule has 4 nitrogen and oxygen atoms in total. The van der Waals surface area contributed by atoms with Gasteiger partial charge in [0.1, 0.15) is 23.3 Å². The summed E-state index contributed by atoms with van der Waals surface area (Å²) in [7, 11) is 1.68. The summed E-state index contributed by atoms with van der Waals surface area (Å²) in [5.74, 6) is 0.0689. The van der Waals surface area contributed by atoms with Crippen molar-refractivity contribution in [1.82, 2.24) is 9.78 Å². The summed E-state index contributed by atoms with van der Waals surface area (Å²) in [6.07, 6.45) is 0.466. The van der Waals surface area contributed by atoms with Crippen LogP contribution in [0.5, 0.6) is 0 Å². The lowest BCUT2D eigenvalue weighted by Crippen LogP contribution is -1.98. The van der Waals surface area contributed by atoms with Crippen molar-refractivity contribution in [3.05, 3.63) is 46.9 Å². The maximum atomic E-state index is 12.7. The molecule has 0 amide bonds. The monoisotopic (exact) mass is 230 g/mol. The van der Waals surface area contributed by atoms with Crippen LogP contribution >= 0.6 is 0 Å². The highest BCUT2D eigenvalue weighted by Gasteiger charge is 2.13. The number of rotatable bonds is 2. The van der Waals surface area contributed by atoms with E-state index in [1.54, 1.807) is 19.2 Å². The van der Waals surface area contributed by atoms with Crippen molar-refractivity contribution in [2.45, 2.75) is 6.42 Å². The van der Waals surface area contributed by atoms with Gasteiger partial charge in [-0.05, 0) is 17.7 Å². The predicted octanol–water partition coefficient (Wildman–Crippen LogP) is 1.60. The molecule has 2 aromatic rings. The van der Waals surface area contributed by atoms with Crippen LogP contribution in [0, 0.1) is 17.1 Å². The molecular formula is C12H11FN4. The van der Waals surface area contributed by atoms with Crippen LogP contribution < -0.4 is 5.73 Å². The van der Waals surface area contributed by atoms with Gasteiger partial charge in [0.05, 0.1) is 5.69 Å². The molecule has 2 rings (SSSR count). The highest BCUT2D eigenvalue weighted by atomic mass is 19.1. The summed E-state index contributed by atoms with van der Waals surface area (Å²) >= 11 is 0. The SMILES string of the molecule is Cn1nc(Cc2ccc(F)cc2)c(C#N)c1N. The average molecular weight is 230 g/mol. The summed E-state index contributed by atoms with van der Waals surface area (Å²) in [5, 5.41) is 13.2. The van der Waals surface area contributed by atoms with Gasteiger partial charge in [-0.1, -0.05) is 12.1 Å². The van der Waals surface area contributed by atoms with Crippen LogP contribution in [-0.4, -0.2) is 9.78 Å². The number of aryl methyl sites for hydroxylation is 1. The molecule has 0 fully saturated rings. The molecular weight excluding hydrogens is 219 g/mol. The Hall–Kier alpha value is -2.35. The molecule has 0 aliphatic rings. The smallest absolute Gasteiger partial charge is 0.139 e. The Kier molecular flexibility index (Phi) is 2.79. The molecule has 0 saturated carbocycles. The Morgan fingerprint density at radius 2 is 2.06 bits per heavy atom. The molecule has 0 radical (unpaired) electrons. The third-order valence-corrected chi connectivity index (χ3v) is 2.56. The van der Waals surface area contributed by atoms with E-state index in [0.29, 0.717) is 23.5 Å². The van der Waals surface area contributed by atoms with Crippen LogP contribution in [0.4, 0.5) is 10.2 Å². The molecule has 1 aromatic carbocycles. The Morgan fingerprint density at radius 1 is 1.41 bits per heavy atom. The highest BCUT2D eigenvalue weighted by molar-refractivity contribution is 5.52. The summed E-state index contributed by atoms with van der Waals surface area (Å²) in [6, 6.07) is 8.14. The molecule has 86 valence electrons. The zero-order chi connectivity index (χ0) is 12.4. The molecule has 17 heavy (non-hydrogen) atoms. The Balaban J connectivity index is 2.34. The molecule has 0 saturated heterocycles. The fourth-order valence-corrected chi connectivity index (χ4v) is 1.64. The van der Waals surface area contributed by atoms with E-state index in [4.69, 9.17) is 11.0 Å². The fraction of sp³-hybridized carbons (Fsp3) is 0.167. The maximum absolute atomic E-state index is 12.7. The van der Waals surface area contributed by atoms with E-state index in [9.17, 15) is 4.39 Å². The summed E-state index contributed by atoms with van der Waals surface area (Å²) < 4.78 is 14.2. The minimum atomic E-state index is -0.283. The van der Waals surface area contributed by atoms with Crippen molar-refractivity contribution in [1.29, 1.82) is 5.26 Å². The minimum absolute atomic E-state index is 0.283. The van der Waals surface area contributed by atoms with Crippen LogP contribution in [0.2, 0.25) is 0 Å². The van der Waals surface area contributed by atoms with E-state index in [2.05, 4.69) is 5.10 Å². The lowest BCUT2D eigenvalue weighted by atomic mass is 10.1. The van der Waals surface area contributed by atoms with Gasteiger partial charge in [0.15, 0.2) is 0 Å². The molecule has 5 heteroatoms. The molecule has 1 aromatic heterocycles. The van der Waals surface area contributed by atoms with Gasteiger partial charge in [-0.3, -0.25) is 4.68 Å². The normalized spacial score (nSPS) is 10.2. The molecule has 1 heterocycles. The number of benzene rings is 1. The molecule has 0 aliphatic carbocycles. The van der Waals surface area contributed by atoms with Gasteiger partial charge in [-0.2, -0.15) is 10.4 Å². The lowest BCUT2D eigenvalue weighted by Gasteiger charge is -1.98.